The van der Waals surface area contributed by atoms with Crippen molar-refractivity contribution in [1.29, 1.82) is 0 Å². The van der Waals surface area contributed by atoms with Crippen molar-refractivity contribution in [2.24, 2.45) is 0 Å². The number of benzene rings is 1. The van der Waals surface area contributed by atoms with Crippen LogP contribution in [-0.2, 0) is 20.7 Å². The molecule has 1 atom stereocenters. The molecule has 0 fully saturated rings. The van der Waals surface area contributed by atoms with Crippen molar-refractivity contribution >= 4 is 21.9 Å². The molecule has 1 unspecified atom stereocenters. The Hall–Kier alpha value is -0.870. The van der Waals surface area contributed by atoms with Crippen molar-refractivity contribution in [3.63, 3.8) is 0 Å². The molecule has 1 aromatic carbocycles. The van der Waals surface area contributed by atoms with Gasteiger partial charge in [0.2, 0.25) is 0 Å². The van der Waals surface area contributed by atoms with Gasteiger partial charge < -0.3 is 9.47 Å². The van der Waals surface area contributed by atoms with Crippen LogP contribution in [0, 0.1) is 0 Å². The van der Waals surface area contributed by atoms with Crippen molar-refractivity contribution in [2.45, 2.75) is 25.9 Å². The van der Waals surface area contributed by atoms with Gasteiger partial charge in [-0.3, -0.25) is 4.79 Å². The summed E-state index contributed by atoms with van der Waals surface area (Å²) >= 11 is 3.53. The first-order valence-electron chi connectivity index (χ1n) is 5.77. The van der Waals surface area contributed by atoms with Crippen LogP contribution in [0.15, 0.2) is 22.7 Å². The highest BCUT2D eigenvalue weighted by Gasteiger charge is 2.24. The number of carbonyl (C=O) groups excluding carboxylic acids is 1. The molecule has 0 saturated heterocycles. The van der Waals surface area contributed by atoms with Crippen LogP contribution < -0.4 is 0 Å². The number of esters is 1. The van der Waals surface area contributed by atoms with E-state index in [-0.39, 0.29) is 18.5 Å². The van der Waals surface area contributed by atoms with Crippen molar-refractivity contribution in [1.82, 2.24) is 0 Å². The summed E-state index contributed by atoms with van der Waals surface area (Å²) < 4.78 is 11.7. The first-order chi connectivity index (χ1) is 8.22. The lowest BCUT2D eigenvalue weighted by atomic mass is 9.96. The fourth-order valence-corrected chi connectivity index (χ4v) is 2.65. The Morgan fingerprint density at radius 3 is 3.18 bits per heavy atom. The van der Waals surface area contributed by atoms with Gasteiger partial charge in [0.05, 0.1) is 25.7 Å². The number of rotatable bonds is 3. The maximum absolute atomic E-state index is 11.5. The summed E-state index contributed by atoms with van der Waals surface area (Å²) in [6.45, 7) is 2.88. The summed E-state index contributed by atoms with van der Waals surface area (Å²) in [5.74, 6) is -0.203. The number of ether oxygens (including phenoxy) is 2. The third-order valence-corrected chi connectivity index (χ3v) is 3.57. The molecule has 0 aliphatic carbocycles. The van der Waals surface area contributed by atoms with E-state index in [0.717, 1.165) is 16.5 Å². The van der Waals surface area contributed by atoms with E-state index in [0.29, 0.717) is 13.2 Å². The Kier molecular flexibility index (Phi) is 4.18. The zero-order valence-electron chi connectivity index (χ0n) is 9.74. The van der Waals surface area contributed by atoms with E-state index in [1.54, 1.807) is 0 Å². The van der Waals surface area contributed by atoms with Crippen LogP contribution in [0.25, 0.3) is 0 Å². The number of carbonyl (C=O) groups is 1. The molecule has 0 N–H and O–H groups in total. The van der Waals surface area contributed by atoms with E-state index in [4.69, 9.17) is 9.47 Å². The molecule has 1 aliphatic rings. The molecule has 0 spiro atoms. The van der Waals surface area contributed by atoms with E-state index in [1.807, 2.05) is 25.1 Å². The first kappa shape index (κ1) is 12.6. The Labute approximate surface area is 109 Å². The van der Waals surface area contributed by atoms with Gasteiger partial charge in [-0.1, -0.05) is 28.1 Å². The maximum Gasteiger partial charge on any atom is 0.308 e. The number of fused-ring (bicyclic) bond motifs is 1. The van der Waals surface area contributed by atoms with Crippen LogP contribution in [0.2, 0.25) is 0 Å². The highest BCUT2D eigenvalue weighted by molar-refractivity contribution is 9.10. The molecule has 92 valence electrons. The Balaban J connectivity index is 2.17. The highest BCUT2D eigenvalue weighted by atomic mass is 79.9. The molecule has 17 heavy (non-hydrogen) atoms. The summed E-state index contributed by atoms with van der Waals surface area (Å²) in [4.78, 5) is 11.5. The fraction of sp³-hybridized carbons (Fsp3) is 0.462. The summed E-state index contributed by atoms with van der Waals surface area (Å²) in [7, 11) is 0. The largest absolute Gasteiger partial charge is 0.466 e. The Morgan fingerprint density at radius 1 is 1.59 bits per heavy atom. The molecular weight excluding hydrogens is 284 g/mol. The standard InChI is InChI=1S/C13H15BrO3/c1-2-16-13(15)8-12-10-4-3-5-11(14)9(10)6-7-17-12/h3-5,12H,2,6-8H2,1H3. The van der Waals surface area contributed by atoms with E-state index >= 15 is 0 Å². The molecule has 2 rings (SSSR count). The lowest BCUT2D eigenvalue weighted by Gasteiger charge is -2.26. The zero-order valence-corrected chi connectivity index (χ0v) is 11.3. The number of hydrogen-bond acceptors (Lipinski definition) is 3. The van der Waals surface area contributed by atoms with Crippen LogP contribution in [0.3, 0.4) is 0 Å². The van der Waals surface area contributed by atoms with Gasteiger partial charge in [-0.2, -0.15) is 0 Å². The lowest BCUT2D eigenvalue weighted by molar-refractivity contribution is -0.146. The first-order valence-corrected chi connectivity index (χ1v) is 6.56. The second-order valence-corrected chi connectivity index (χ2v) is 4.78. The Morgan fingerprint density at radius 2 is 2.41 bits per heavy atom. The summed E-state index contributed by atoms with van der Waals surface area (Å²) in [5.41, 5.74) is 2.34. The molecule has 0 amide bonds. The minimum atomic E-state index is -0.203. The van der Waals surface area contributed by atoms with Gasteiger partial charge in [0.1, 0.15) is 0 Å². The predicted octanol–water partition coefficient (Wildman–Crippen LogP) is 3.02. The molecule has 1 aromatic rings. The third kappa shape index (κ3) is 2.87. The lowest BCUT2D eigenvalue weighted by Crippen LogP contribution is -2.20. The van der Waals surface area contributed by atoms with E-state index < -0.39 is 0 Å². The minimum Gasteiger partial charge on any atom is -0.466 e. The second kappa shape index (κ2) is 5.65. The summed E-state index contributed by atoms with van der Waals surface area (Å²) in [6.07, 6.45) is 1.00. The average Bonchev–Trinajstić information content (AvgIpc) is 2.31. The summed E-state index contributed by atoms with van der Waals surface area (Å²) in [6, 6.07) is 6.00. The predicted molar refractivity (Wildman–Crippen MR) is 67.8 cm³/mol. The van der Waals surface area contributed by atoms with Gasteiger partial charge in [0.15, 0.2) is 0 Å². The molecule has 4 heteroatoms. The SMILES string of the molecule is CCOC(=O)CC1OCCc2c(Br)cccc21. The molecular formula is C13H15BrO3. The molecule has 3 nitrogen and oxygen atoms in total. The van der Waals surface area contributed by atoms with E-state index in [1.165, 1.54) is 5.56 Å². The molecule has 0 saturated carbocycles. The van der Waals surface area contributed by atoms with E-state index in [9.17, 15) is 4.79 Å². The van der Waals surface area contributed by atoms with Crippen molar-refractivity contribution in [3.8, 4) is 0 Å². The van der Waals surface area contributed by atoms with Gasteiger partial charge >= 0.3 is 5.97 Å². The normalized spacial score (nSPS) is 18.6. The number of halogens is 1. The van der Waals surface area contributed by atoms with Crippen LogP contribution in [-0.4, -0.2) is 19.2 Å². The van der Waals surface area contributed by atoms with Gasteiger partial charge in [0.25, 0.3) is 0 Å². The molecule has 0 aromatic heterocycles. The molecule has 0 radical (unpaired) electrons. The van der Waals surface area contributed by atoms with Gasteiger partial charge in [0, 0.05) is 4.47 Å². The van der Waals surface area contributed by atoms with Crippen LogP contribution in [0.4, 0.5) is 0 Å². The molecule has 0 bridgehead atoms. The van der Waals surface area contributed by atoms with Crippen LogP contribution in [0.1, 0.15) is 30.6 Å². The minimum absolute atomic E-state index is 0.171. The zero-order chi connectivity index (χ0) is 12.3. The van der Waals surface area contributed by atoms with Gasteiger partial charge in [-0.05, 0) is 30.5 Å². The smallest absolute Gasteiger partial charge is 0.308 e. The third-order valence-electron chi connectivity index (χ3n) is 2.83. The Bertz CT molecular complexity index is 417. The topological polar surface area (TPSA) is 35.5 Å². The van der Waals surface area contributed by atoms with E-state index in [2.05, 4.69) is 15.9 Å². The van der Waals surface area contributed by atoms with Gasteiger partial charge in [-0.15, -0.1) is 0 Å². The average molecular weight is 299 g/mol. The van der Waals surface area contributed by atoms with Crippen molar-refractivity contribution < 1.29 is 14.3 Å². The molecule has 1 aliphatic heterocycles. The quantitative estimate of drug-likeness (QED) is 0.805. The fourth-order valence-electron chi connectivity index (χ4n) is 2.07. The monoisotopic (exact) mass is 298 g/mol. The highest BCUT2D eigenvalue weighted by Crippen LogP contribution is 2.33. The second-order valence-electron chi connectivity index (χ2n) is 3.93. The number of hydrogen-bond donors (Lipinski definition) is 0. The maximum atomic E-state index is 11.5. The van der Waals surface area contributed by atoms with Crippen LogP contribution in [0.5, 0.6) is 0 Å². The van der Waals surface area contributed by atoms with Crippen LogP contribution >= 0.6 is 15.9 Å². The van der Waals surface area contributed by atoms with Crippen molar-refractivity contribution in [2.75, 3.05) is 13.2 Å². The summed E-state index contributed by atoms with van der Waals surface area (Å²) in [5, 5.41) is 0. The molecule has 1 heterocycles. The van der Waals surface area contributed by atoms with Crippen molar-refractivity contribution in [3.05, 3.63) is 33.8 Å². The van der Waals surface area contributed by atoms with Gasteiger partial charge in [-0.25, -0.2) is 0 Å².